The lowest BCUT2D eigenvalue weighted by molar-refractivity contribution is 0.567. The third-order valence-corrected chi connectivity index (χ3v) is 6.23. The number of aromatic nitrogens is 1. The lowest BCUT2D eigenvalue weighted by atomic mass is 10.1. The molecular weight excluding hydrogens is 403 g/mol. The van der Waals surface area contributed by atoms with Crippen LogP contribution in [0, 0.1) is 5.82 Å². The molecule has 0 radical (unpaired) electrons. The molecule has 0 saturated heterocycles. The molecule has 0 fully saturated rings. The van der Waals surface area contributed by atoms with E-state index in [9.17, 15) is 12.8 Å². The topological polar surface area (TPSA) is 72.2 Å². The molecule has 0 saturated carbocycles. The molecule has 152 valence electrons. The Morgan fingerprint density at radius 3 is 2.20 bits per heavy atom. The summed E-state index contributed by atoms with van der Waals surface area (Å²) in [6.45, 7) is 0.424. The van der Waals surface area contributed by atoms with E-state index in [1.807, 2.05) is 30.3 Å². The van der Waals surface area contributed by atoms with Crippen molar-refractivity contribution in [1.82, 2.24) is 4.98 Å². The predicted octanol–water partition coefficient (Wildman–Crippen LogP) is 4.97. The number of rotatable bonds is 7. The number of oxazole rings is 1. The van der Waals surface area contributed by atoms with Gasteiger partial charge in [0, 0.05) is 6.54 Å². The third-order valence-electron chi connectivity index (χ3n) is 4.55. The van der Waals surface area contributed by atoms with E-state index >= 15 is 0 Å². The molecule has 4 aromatic rings. The van der Waals surface area contributed by atoms with Crippen molar-refractivity contribution in [3.63, 3.8) is 0 Å². The van der Waals surface area contributed by atoms with E-state index in [1.165, 1.54) is 24.3 Å². The van der Waals surface area contributed by atoms with Crippen molar-refractivity contribution < 1.29 is 17.2 Å². The molecule has 4 rings (SSSR count). The predicted molar refractivity (Wildman–Crippen MR) is 112 cm³/mol. The summed E-state index contributed by atoms with van der Waals surface area (Å²) in [5.74, 6) is -0.643. The van der Waals surface area contributed by atoms with Crippen LogP contribution in [-0.2, 0) is 16.3 Å². The summed E-state index contributed by atoms with van der Waals surface area (Å²) in [6.07, 6.45) is 0.654. The molecule has 0 atom stereocenters. The summed E-state index contributed by atoms with van der Waals surface area (Å²) in [6, 6.07) is 23.7. The lowest BCUT2D eigenvalue weighted by Crippen LogP contribution is -2.09. The quantitative estimate of drug-likeness (QED) is 0.455. The van der Waals surface area contributed by atoms with Crippen molar-refractivity contribution in [1.29, 1.82) is 0 Å². The lowest BCUT2D eigenvalue weighted by Gasteiger charge is -2.06. The van der Waals surface area contributed by atoms with Crippen LogP contribution in [0.25, 0.3) is 11.5 Å². The van der Waals surface area contributed by atoms with Crippen molar-refractivity contribution in [2.45, 2.75) is 16.3 Å². The highest BCUT2D eigenvalue weighted by Gasteiger charge is 2.29. The minimum absolute atomic E-state index is 0.00645. The zero-order chi connectivity index (χ0) is 21.0. The van der Waals surface area contributed by atoms with Gasteiger partial charge in [-0.2, -0.15) is 4.98 Å². The fourth-order valence-electron chi connectivity index (χ4n) is 3.03. The zero-order valence-corrected chi connectivity index (χ0v) is 16.8. The van der Waals surface area contributed by atoms with Gasteiger partial charge in [-0.3, -0.25) is 0 Å². The summed E-state index contributed by atoms with van der Waals surface area (Å²) in [5.41, 5.74) is 1.18. The van der Waals surface area contributed by atoms with Crippen molar-refractivity contribution >= 4 is 15.7 Å². The minimum Gasteiger partial charge on any atom is -0.419 e. The van der Waals surface area contributed by atoms with Gasteiger partial charge in [-0.25, -0.2) is 12.8 Å². The first-order valence-electron chi connectivity index (χ1n) is 9.39. The first-order chi connectivity index (χ1) is 14.6. The Balaban J connectivity index is 1.71. The van der Waals surface area contributed by atoms with Crippen LogP contribution in [0.1, 0.15) is 5.56 Å². The smallest absolute Gasteiger partial charge is 0.233 e. The van der Waals surface area contributed by atoms with E-state index in [2.05, 4.69) is 10.3 Å². The standard InChI is InChI=1S/C23H19FN2O3S/c24-20-14-8-7-13-19(20)21-26-23(30(27,28)18-11-5-2-6-12-18)22(29-21)25-16-15-17-9-3-1-4-10-17/h1-14,25H,15-16H2. The van der Waals surface area contributed by atoms with Gasteiger partial charge in [-0.05, 0) is 36.2 Å². The number of hydrogen-bond acceptors (Lipinski definition) is 5. The van der Waals surface area contributed by atoms with Crippen LogP contribution in [0.5, 0.6) is 0 Å². The summed E-state index contributed by atoms with van der Waals surface area (Å²) in [5, 5.41) is 2.75. The Morgan fingerprint density at radius 2 is 1.50 bits per heavy atom. The Hall–Kier alpha value is -3.45. The summed E-state index contributed by atoms with van der Waals surface area (Å²) >= 11 is 0. The van der Waals surface area contributed by atoms with Crippen LogP contribution in [0.15, 0.2) is 99.3 Å². The molecule has 1 aromatic heterocycles. The van der Waals surface area contributed by atoms with Crippen LogP contribution >= 0.6 is 0 Å². The highest BCUT2D eigenvalue weighted by atomic mass is 32.2. The number of nitrogens with zero attached hydrogens (tertiary/aromatic N) is 1. The van der Waals surface area contributed by atoms with Gasteiger partial charge in [0.15, 0.2) is 0 Å². The monoisotopic (exact) mass is 422 g/mol. The highest BCUT2D eigenvalue weighted by Crippen LogP contribution is 2.33. The zero-order valence-electron chi connectivity index (χ0n) is 16.0. The molecule has 0 aliphatic rings. The maximum absolute atomic E-state index is 14.2. The van der Waals surface area contributed by atoms with Gasteiger partial charge in [0.25, 0.3) is 0 Å². The maximum Gasteiger partial charge on any atom is 0.233 e. The fourth-order valence-corrected chi connectivity index (χ4v) is 4.33. The molecule has 5 nitrogen and oxygen atoms in total. The van der Waals surface area contributed by atoms with Crippen LogP contribution in [0.2, 0.25) is 0 Å². The Morgan fingerprint density at radius 1 is 0.867 bits per heavy atom. The summed E-state index contributed by atoms with van der Waals surface area (Å²) in [4.78, 5) is 4.25. The van der Waals surface area contributed by atoms with Crippen LogP contribution < -0.4 is 5.32 Å². The first kappa shape index (κ1) is 19.8. The van der Waals surface area contributed by atoms with Gasteiger partial charge in [-0.15, -0.1) is 0 Å². The Labute approximate surface area is 174 Å². The number of nitrogens with one attached hydrogen (secondary N) is 1. The second-order valence-electron chi connectivity index (χ2n) is 6.61. The van der Waals surface area contributed by atoms with Crippen molar-refractivity contribution in [2.24, 2.45) is 0 Å². The molecule has 0 aliphatic carbocycles. The average molecular weight is 422 g/mol. The van der Waals surface area contributed by atoms with Gasteiger partial charge in [0.2, 0.25) is 26.6 Å². The molecule has 0 amide bonds. The average Bonchev–Trinajstić information content (AvgIpc) is 3.20. The Bertz CT molecular complexity index is 1240. The maximum atomic E-state index is 14.2. The molecule has 0 bridgehead atoms. The number of anilines is 1. The van der Waals surface area contributed by atoms with Gasteiger partial charge in [0.05, 0.1) is 10.5 Å². The minimum atomic E-state index is -3.95. The molecule has 0 unspecified atom stereocenters. The van der Waals surface area contributed by atoms with Crippen molar-refractivity contribution in [3.8, 4) is 11.5 Å². The molecule has 7 heteroatoms. The fraction of sp³-hybridized carbons (Fsp3) is 0.0870. The first-order valence-corrected chi connectivity index (χ1v) is 10.9. The summed E-state index contributed by atoms with van der Waals surface area (Å²) < 4.78 is 46.2. The second-order valence-corrected chi connectivity index (χ2v) is 8.48. The molecule has 1 heterocycles. The largest absolute Gasteiger partial charge is 0.419 e. The second kappa shape index (κ2) is 8.51. The van der Waals surface area contributed by atoms with Gasteiger partial charge < -0.3 is 9.73 Å². The molecule has 30 heavy (non-hydrogen) atoms. The van der Waals surface area contributed by atoms with Crippen molar-refractivity contribution in [3.05, 3.63) is 96.3 Å². The van der Waals surface area contributed by atoms with E-state index < -0.39 is 15.7 Å². The van der Waals surface area contributed by atoms with Crippen LogP contribution in [-0.4, -0.2) is 19.9 Å². The molecule has 3 aromatic carbocycles. The van der Waals surface area contributed by atoms with Crippen LogP contribution in [0.3, 0.4) is 0 Å². The van der Waals surface area contributed by atoms with Gasteiger partial charge >= 0.3 is 0 Å². The Kier molecular flexibility index (Phi) is 5.63. The van der Waals surface area contributed by atoms with Gasteiger partial charge in [0.1, 0.15) is 5.82 Å². The number of benzene rings is 3. The number of halogens is 1. The van der Waals surface area contributed by atoms with E-state index in [0.717, 1.165) is 5.56 Å². The summed E-state index contributed by atoms with van der Waals surface area (Å²) in [7, 11) is -3.95. The van der Waals surface area contributed by atoms with Crippen LogP contribution in [0.4, 0.5) is 10.3 Å². The molecule has 0 aliphatic heterocycles. The number of hydrogen-bond donors (Lipinski definition) is 1. The number of sulfone groups is 1. The normalized spacial score (nSPS) is 11.4. The van der Waals surface area contributed by atoms with E-state index in [1.54, 1.807) is 30.3 Å². The SMILES string of the molecule is O=S(=O)(c1ccccc1)c1nc(-c2ccccc2F)oc1NCCc1ccccc1. The molecule has 0 spiro atoms. The molecular formula is C23H19FN2O3S. The van der Waals surface area contributed by atoms with E-state index in [-0.39, 0.29) is 27.3 Å². The van der Waals surface area contributed by atoms with Gasteiger partial charge in [-0.1, -0.05) is 60.7 Å². The van der Waals surface area contributed by atoms with E-state index in [4.69, 9.17) is 4.42 Å². The van der Waals surface area contributed by atoms with Crippen molar-refractivity contribution in [2.75, 3.05) is 11.9 Å². The third kappa shape index (κ3) is 4.11. The van der Waals surface area contributed by atoms with E-state index in [0.29, 0.717) is 13.0 Å². The molecule has 1 N–H and O–H groups in total. The highest BCUT2D eigenvalue weighted by molar-refractivity contribution is 7.91.